The molecule has 0 amide bonds. The van der Waals surface area contributed by atoms with E-state index in [1.807, 2.05) is 11.6 Å². The van der Waals surface area contributed by atoms with Crippen LogP contribution in [0.3, 0.4) is 0 Å². The van der Waals surface area contributed by atoms with Crippen molar-refractivity contribution in [2.24, 2.45) is 7.05 Å². The molecule has 12 heavy (non-hydrogen) atoms. The monoisotopic (exact) mass is 158 g/mol. The molecule has 0 bridgehead atoms. The highest BCUT2D eigenvalue weighted by Gasteiger charge is 2.01. The third-order valence-corrected chi connectivity index (χ3v) is 1.42. The van der Waals surface area contributed by atoms with Gasteiger partial charge in [0.05, 0.1) is 6.33 Å². The lowest BCUT2D eigenvalue weighted by Gasteiger charge is -1.90. The molecule has 0 radical (unpaired) electrons. The van der Waals surface area contributed by atoms with Gasteiger partial charge in [0.15, 0.2) is 0 Å². The van der Waals surface area contributed by atoms with Crippen LogP contribution in [0.15, 0.2) is 6.33 Å². The molecule has 2 nitrogen and oxygen atoms in total. The van der Waals surface area contributed by atoms with Gasteiger partial charge >= 0.3 is 0 Å². The minimum atomic E-state index is 0.759. The van der Waals surface area contributed by atoms with Crippen LogP contribution in [0.2, 0.25) is 0 Å². The lowest BCUT2D eigenvalue weighted by Crippen LogP contribution is -1.90. The molecule has 2 heteroatoms. The Kier molecular flexibility index (Phi) is 2.56. The van der Waals surface area contributed by atoms with Crippen LogP contribution in [0.1, 0.15) is 25.2 Å². The van der Waals surface area contributed by atoms with Gasteiger partial charge in [-0.3, -0.25) is 0 Å². The topological polar surface area (TPSA) is 17.8 Å². The number of hydrogen-bond donors (Lipinski definition) is 0. The quantitative estimate of drug-likeness (QED) is 0.518. The molecule has 1 rings (SSSR count). The summed E-state index contributed by atoms with van der Waals surface area (Å²) in [4.78, 5) is 4.11. The second-order valence-electron chi connectivity index (χ2n) is 2.30. The number of imidazole rings is 1. The molecule has 0 aliphatic heterocycles. The van der Waals surface area contributed by atoms with Crippen molar-refractivity contribution >= 4 is 0 Å². The van der Waals surface area contributed by atoms with E-state index in [1.54, 1.807) is 20.2 Å². The van der Waals surface area contributed by atoms with E-state index in [1.165, 1.54) is 0 Å². The van der Waals surface area contributed by atoms with E-state index in [0.717, 1.165) is 11.4 Å². The molecule has 0 fully saturated rings. The van der Waals surface area contributed by atoms with Gasteiger partial charge in [-0.25, -0.2) is 4.98 Å². The van der Waals surface area contributed by atoms with Crippen LogP contribution in [0.5, 0.6) is 0 Å². The maximum absolute atomic E-state index is 4.11. The highest BCUT2D eigenvalue weighted by atomic mass is 15.0. The SMILES string of the molecule is CC#Cc1ncn(C)c1C#CC. The maximum atomic E-state index is 4.11. The van der Waals surface area contributed by atoms with Gasteiger partial charge in [0.25, 0.3) is 0 Å². The van der Waals surface area contributed by atoms with Crippen molar-refractivity contribution < 1.29 is 0 Å². The summed E-state index contributed by atoms with van der Waals surface area (Å²) in [7, 11) is 1.91. The van der Waals surface area contributed by atoms with Crippen molar-refractivity contribution in [2.45, 2.75) is 13.8 Å². The standard InChI is InChI=1S/C10H10N2/c1-4-6-9-10(7-5-2)12(3)8-11-9/h8H,1-3H3. The van der Waals surface area contributed by atoms with Gasteiger partial charge in [-0.05, 0) is 25.7 Å². The highest BCUT2D eigenvalue weighted by Crippen LogP contribution is 2.01. The summed E-state index contributed by atoms with van der Waals surface area (Å²) in [5.74, 6) is 11.5. The third kappa shape index (κ3) is 1.49. The Morgan fingerprint density at radius 3 is 2.50 bits per heavy atom. The molecule has 60 valence electrons. The summed E-state index contributed by atoms with van der Waals surface area (Å²) < 4.78 is 1.87. The summed E-state index contributed by atoms with van der Waals surface area (Å²) in [5, 5.41) is 0. The van der Waals surface area contributed by atoms with Gasteiger partial charge < -0.3 is 4.57 Å². The summed E-state index contributed by atoms with van der Waals surface area (Å²) in [6, 6.07) is 0. The molecule has 1 aromatic rings. The van der Waals surface area contributed by atoms with Crippen molar-refractivity contribution in [3.05, 3.63) is 17.7 Å². The Bertz CT molecular complexity index is 391. The van der Waals surface area contributed by atoms with Crippen LogP contribution in [-0.4, -0.2) is 9.55 Å². The predicted molar refractivity (Wildman–Crippen MR) is 48.3 cm³/mol. The molecule has 0 saturated carbocycles. The minimum Gasteiger partial charge on any atom is -0.326 e. The molecule has 1 heterocycles. The van der Waals surface area contributed by atoms with Crippen molar-refractivity contribution in [3.8, 4) is 23.7 Å². The first-order valence-corrected chi connectivity index (χ1v) is 3.66. The first kappa shape index (κ1) is 8.43. The molecule has 0 aliphatic carbocycles. The molecule has 0 atom stereocenters. The fourth-order valence-corrected chi connectivity index (χ4v) is 0.906. The second-order valence-corrected chi connectivity index (χ2v) is 2.30. The van der Waals surface area contributed by atoms with Crippen LogP contribution in [0, 0.1) is 23.7 Å². The molecule has 0 spiro atoms. The van der Waals surface area contributed by atoms with E-state index < -0.39 is 0 Å². The average Bonchev–Trinajstić information content (AvgIpc) is 2.37. The van der Waals surface area contributed by atoms with Gasteiger partial charge in [0.1, 0.15) is 11.4 Å². The first-order valence-electron chi connectivity index (χ1n) is 3.66. The molecule has 0 unspecified atom stereocenters. The number of aryl methyl sites for hydroxylation is 1. The van der Waals surface area contributed by atoms with Crippen LogP contribution < -0.4 is 0 Å². The summed E-state index contributed by atoms with van der Waals surface area (Å²) in [6.07, 6.45) is 1.72. The van der Waals surface area contributed by atoms with Crippen molar-refractivity contribution in [1.29, 1.82) is 0 Å². The molecule has 1 aromatic heterocycles. The average molecular weight is 158 g/mol. The van der Waals surface area contributed by atoms with Gasteiger partial charge in [0.2, 0.25) is 0 Å². The number of aromatic nitrogens is 2. The molecule has 0 aromatic carbocycles. The van der Waals surface area contributed by atoms with Crippen molar-refractivity contribution in [3.63, 3.8) is 0 Å². The van der Waals surface area contributed by atoms with Crippen LogP contribution in [0.4, 0.5) is 0 Å². The Morgan fingerprint density at radius 2 is 1.92 bits per heavy atom. The Labute approximate surface area is 72.6 Å². The molecule has 0 saturated heterocycles. The normalized spacial score (nSPS) is 7.92. The smallest absolute Gasteiger partial charge is 0.147 e. The Hall–Kier alpha value is -1.67. The van der Waals surface area contributed by atoms with E-state index in [2.05, 4.69) is 28.7 Å². The summed E-state index contributed by atoms with van der Waals surface area (Å²) in [6.45, 7) is 3.59. The van der Waals surface area contributed by atoms with Gasteiger partial charge in [0, 0.05) is 7.05 Å². The number of nitrogens with zero attached hydrogens (tertiary/aromatic N) is 2. The maximum Gasteiger partial charge on any atom is 0.147 e. The zero-order chi connectivity index (χ0) is 8.97. The van der Waals surface area contributed by atoms with E-state index in [0.29, 0.717) is 0 Å². The van der Waals surface area contributed by atoms with E-state index >= 15 is 0 Å². The third-order valence-electron chi connectivity index (χ3n) is 1.42. The molecular weight excluding hydrogens is 148 g/mol. The summed E-state index contributed by atoms with van der Waals surface area (Å²) >= 11 is 0. The van der Waals surface area contributed by atoms with E-state index in [4.69, 9.17) is 0 Å². The lowest BCUT2D eigenvalue weighted by molar-refractivity contribution is 0.899. The number of hydrogen-bond acceptors (Lipinski definition) is 1. The largest absolute Gasteiger partial charge is 0.326 e. The fraction of sp³-hybridized carbons (Fsp3) is 0.300. The van der Waals surface area contributed by atoms with E-state index in [-0.39, 0.29) is 0 Å². The lowest BCUT2D eigenvalue weighted by atomic mass is 10.3. The molecular formula is C10H10N2. The zero-order valence-corrected chi connectivity index (χ0v) is 7.47. The van der Waals surface area contributed by atoms with Gasteiger partial charge in [-0.15, -0.1) is 0 Å². The number of rotatable bonds is 0. The Morgan fingerprint density at radius 1 is 1.25 bits per heavy atom. The van der Waals surface area contributed by atoms with Crippen LogP contribution >= 0.6 is 0 Å². The van der Waals surface area contributed by atoms with E-state index in [9.17, 15) is 0 Å². The first-order chi connectivity index (χ1) is 5.79. The second kappa shape index (κ2) is 3.64. The fourth-order valence-electron chi connectivity index (χ4n) is 0.906. The van der Waals surface area contributed by atoms with Crippen LogP contribution in [-0.2, 0) is 7.05 Å². The minimum absolute atomic E-state index is 0.759. The van der Waals surface area contributed by atoms with Crippen molar-refractivity contribution in [2.75, 3.05) is 0 Å². The highest BCUT2D eigenvalue weighted by molar-refractivity contribution is 5.42. The summed E-state index contributed by atoms with van der Waals surface area (Å²) in [5.41, 5.74) is 1.64. The van der Waals surface area contributed by atoms with Gasteiger partial charge in [-0.1, -0.05) is 11.8 Å². The molecule has 0 N–H and O–H groups in total. The zero-order valence-electron chi connectivity index (χ0n) is 7.47. The van der Waals surface area contributed by atoms with Gasteiger partial charge in [-0.2, -0.15) is 0 Å². The predicted octanol–water partition coefficient (Wildman–Crippen LogP) is 1.16. The van der Waals surface area contributed by atoms with Crippen LogP contribution in [0.25, 0.3) is 0 Å². The Balaban J connectivity index is 3.24. The van der Waals surface area contributed by atoms with Crippen molar-refractivity contribution in [1.82, 2.24) is 9.55 Å². The molecule has 0 aliphatic rings.